The first-order valence-electron chi connectivity index (χ1n) is 3.39. The van der Waals surface area contributed by atoms with Gasteiger partial charge in [-0.15, -0.1) is 0 Å². The first-order chi connectivity index (χ1) is 5.79. The predicted molar refractivity (Wildman–Crippen MR) is 52.6 cm³/mol. The van der Waals surface area contributed by atoms with Crippen LogP contribution in [0, 0.1) is 0 Å². The fourth-order valence-electron chi connectivity index (χ4n) is 0.713. The molecule has 0 aliphatic rings. The average Bonchev–Trinajstić information content (AvgIpc) is 2.58. The van der Waals surface area contributed by atoms with Crippen LogP contribution in [0.15, 0.2) is 18.7 Å². The van der Waals surface area contributed by atoms with Crippen LogP contribution in [-0.4, -0.2) is 29.4 Å². The van der Waals surface area contributed by atoms with Gasteiger partial charge in [0.05, 0.1) is 0 Å². The van der Waals surface area contributed by atoms with Crippen LogP contribution >= 0.6 is 24.4 Å². The van der Waals surface area contributed by atoms with E-state index < -0.39 is 12.8 Å². The first-order valence-corrected chi connectivity index (χ1v) is 3.92. The second-order valence-electron chi connectivity index (χ2n) is 1.99. The molecule has 0 N–H and O–H groups in total. The van der Waals surface area contributed by atoms with E-state index in [9.17, 15) is 4.32 Å². The van der Waals surface area contributed by atoms with Gasteiger partial charge in [-0.05, 0) is 0 Å². The molecule has 0 fully saturated rings. The fourth-order valence-corrected chi connectivity index (χ4v) is 1.31. The molecule has 0 unspecified atom stereocenters. The molecular formula is C3H4B3FN2S2. The maximum absolute atomic E-state index is 13.0. The van der Waals surface area contributed by atoms with Crippen molar-refractivity contribution in [1.29, 1.82) is 1.12 Å². The van der Waals surface area contributed by atoms with E-state index in [1.807, 2.05) is 0 Å². The molecule has 0 saturated heterocycles. The molecule has 0 aromatic carbocycles. The molecule has 1 heterocycles. The number of halogens is 1. The van der Waals surface area contributed by atoms with Crippen molar-refractivity contribution in [3.05, 3.63) is 18.7 Å². The van der Waals surface area contributed by atoms with E-state index >= 15 is 0 Å². The molecule has 2 nitrogen and oxygen atoms in total. The van der Waals surface area contributed by atoms with Gasteiger partial charge in [-0.25, -0.2) is 0 Å². The van der Waals surface area contributed by atoms with Gasteiger partial charge in [0.15, 0.2) is 0 Å². The predicted octanol–water partition coefficient (Wildman–Crippen LogP) is 0.502. The number of nitrogens with zero attached hydrogens (tertiary/aromatic N) is 2. The van der Waals surface area contributed by atoms with Crippen molar-refractivity contribution < 1.29 is 4.32 Å². The molecule has 0 bridgehead atoms. The third-order valence-electron chi connectivity index (χ3n) is 1.28. The van der Waals surface area contributed by atoms with Crippen LogP contribution in [0.1, 0.15) is 0 Å². The van der Waals surface area contributed by atoms with Crippen molar-refractivity contribution in [3.8, 4) is 0 Å². The van der Waals surface area contributed by atoms with Gasteiger partial charge in [-0.1, -0.05) is 0 Å². The molecule has 11 heavy (non-hydrogen) atoms. The molecular weight excluding hydrogens is 180 g/mol. The topological polar surface area (TPSA) is 17.8 Å². The zero-order valence-electron chi connectivity index (χ0n) is 6.55. The first kappa shape index (κ1) is 7.55. The third kappa shape index (κ3) is 2.17. The van der Waals surface area contributed by atoms with Crippen LogP contribution in [0.5, 0.6) is 0 Å². The Morgan fingerprint density at radius 3 is 3.18 bits per heavy atom. The van der Waals surface area contributed by atoms with Crippen LogP contribution in [0.3, 0.4) is 0 Å². The summed E-state index contributed by atoms with van der Waals surface area (Å²) in [5.74, 6) is 0. The van der Waals surface area contributed by atoms with Gasteiger partial charge in [0, 0.05) is 0 Å². The minimum atomic E-state index is -1.34. The van der Waals surface area contributed by atoms with Gasteiger partial charge in [0.25, 0.3) is 0 Å². The second-order valence-corrected chi connectivity index (χ2v) is 2.71. The number of hydrogen-bond donors (Lipinski definition) is 1. The summed E-state index contributed by atoms with van der Waals surface area (Å²) in [4.78, 5) is 3.77. The number of imidazole rings is 1. The Balaban J connectivity index is 2.76. The van der Waals surface area contributed by atoms with Crippen molar-refractivity contribution in [2.45, 2.75) is 0 Å². The Kier molecular flexibility index (Phi) is 2.79. The fraction of sp³-hybridized carbons (Fsp3) is 0. The van der Waals surface area contributed by atoms with Gasteiger partial charge in [-0.2, -0.15) is 0 Å². The van der Waals surface area contributed by atoms with Crippen LogP contribution in [0.25, 0.3) is 0 Å². The zero-order valence-corrected chi connectivity index (χ0v) is 7.19. The van der Waals surface area contributed by atoms with Gasteiger partial charge in [0.1, 0.15) is 0 Å². The molecule has 1 aromatic heterocycles. The molecule has 0 aliphatic heterocycles. The summed E-state index contributed by atoms with van der Waals surface area (Å²) in [5, 5.41) is 0. The van der Waals surface area contributed by atoms with E-state index in [0.29, 0.717) is 12.4 Å². The summed E-state index contributed by atoms with van der Waals surface area (Å²) in [5.41, 5.74) is 0. The molecule has 8 heteroatoms. The Labute approximate surface area is 77.3 Å². The monoisotopic (exact) mass is 186 g/mol. The zero-order chi connectivity index (χ0) is 8.97. The van der Waals surface area contributed by atoms with Crippen LogP contribution < -0.4 is 0 Å². The molecule has 1 aromatic rings. The van der Waals surface area contributed by atoms with E-state index in [1.165, 1.54) is 12.4 Å². The summed E-state index contributed by atoms with van der Waals surface area (Å²) >= 11 is 5.05. The number of thiol groups is 1. The van der Waals surface area contributed by atoms with E-state index in [0.717, 1.165) is 0 Å². The van der Waals surface area contributed by atoms with Crippen LogP contribution in [0.2, 0.25) is 0 Å². The van der Waals surface area contributed by atoms with Crippen LogP contribution in [-0.2, 0) is 0 Å². The van der Waals surface area contributed by atoms with Gasteiger partial charge < -0.3 is 0 Å². The van der Waals surface area contributed by atoms with Gasteiger partial charge >= 0.3 is 76.9 Å². The normalized spacial score (nSPS) is 10.1. The number of hydrogen-bond acceptors (Lipinski definition) is 3. The Morgan fingerprint density at radius 2 is 2.73 bits per heavy atom. The quantitative estimate of drug-likeness (QED) is 0.544. The van der Waals surface area contributed by atoms with Crippen molar-refractivity contribution in [3.63, 3.8) is 0 Å². The summed E-state index contributed by atoms with van der Waals surface area (Å²) in [6.45, 7) is -0.579. The summed E-state index contributed by atoms with van der Waals surface area (Å²) in [6, 6.07) is 1.30. The van der Waals surface area contributed by atoms with Gasteiger partial charge in [0.2, 0.25) is 0 Å². The molecule has 0 aliphatic carbocycles. The van der Waals surface area contributed by atoms with Crippen molar-refractivity contribution in [1.82, 2.24) is 9.46 Å². The van der Waals surface area contributed by atoms with E-state index in [4.69, 9.17) is 1.12 Å². The molecule has 54 valence electrons. The SMILES string of the molecule is [3H]SB(F)B(B=S)n1ccnc1. The Bertz CT molecular complexity index is 248. The minimum absolute atomic E-state index is 0.392. The number of rotatable bonds is 4. The van der Waals surface area contributed by atoms with Crippen molar-refractivity contribution in [2.24, 2.45) is 0 Å². The third-order valence-corrected chi connectivity index (χ3v) is 1.83. The van der Waals surface area contributed by atoms with Crippen LogP contribution in [0.4, 0.5) is 4.32 Å². The van der Waals surface area contributed by atoms with Crippen molar-refractivity contribution >= 4 is 43.3 Å². The molecule has 0 atom stereocenters. The second kappa shape index (κ2) is 4.06. The van der Waals surface area contributed by atoms with E-state index in [1.54, 1.807) is 16.9 Å². The molecule has 0 radical (unpaired) electrons. The molecule has 0 spiro atoms. The summed E-state index contributed by atoms with van der Waals surface area (Å²) in [7, 11) is 0. The molecule has 0 amide bonds. The standard InChI is InChI=1S/C3H4B3FN2S2/c7-6(11)5(4-10)9-2-1-8-3-9/h1-3,11H/i11T. The Morgan fingerprint density at radius 1 is 1.91 bits per heavy atom. The number of aromatic nitrogens is 2. The Hall–Kier alpha value is -0.0952. The summed E-state index contributed by atoms with van der Waals surface area (Å²) < 4.78 is 21.3. The maximum atomic E-state index is 13.0. The van der Waals surface area contributed by atoms with Crippen molar-refractivity contribution in [2.75, 3.05) is 0 Å². The van der Waals surface area contributed by atoms with E-state index in [2.05, 4.69) is 17.0 Å². The van der Waals surface area contributed by atoms with E-state index in [-0.39, 0.29) is 0 Å². The molecule has 1 rings (SSSR count). The molecule has 0 saturated carbocycles. The summed E-state index contributed by atoms with van der Waals surface area (Å²) in [6.07, 6.45) is 3.32. The van der Waals surface area contributed by atoms with Gasteiger partial charge in [-0.3, -0.25) is 0 Å². The average molecular weight is 186 g/mol.